The van der Waals surface area contributed by atoms with Gasteiger partial charge in [0.2, 0.25) is 5.91 Å². The number of benzene rings is 2. The SMILES string of the molecule is O=C(C1CC1)N1CC[C@@H](CN2C(=O)C3(CCNCC3)N=C2c2ccc(-c3ccc4c(c3)CCNC4)cc2)C1. The highest BCUT2D eigenvalue weighted by Crippen LogP contribution is 2.36. The van der Waals surface area contributed by atoms with Gasteiger partial charge in [-0.1, -0.05) is 42.5 Å². The molecule has 4 aliphatic heterocycles. The fraction of sp³-hybridized carbons (Fsp3) is 0.516. The standard InChI is InChI=1S/C31H37N5O2/c37-29(24-5-6-24)35-16-10-21(19-35)20-36-28(34-31(30(36)38)11-14-32-15-12-31)23-3-1-22(2-4-23)25-7-8-27-18-33-13-9-26(27)17-25/h1-4,7-8,17,21,24,32-33H,5-6,9-16,18-20H2/t21-/m1/s1. The van der Waals surface area contributed by atoms with Gasteiger partial charge in [0, 0.05) is 37.7 Å². The van der Waals surface area contributed by atoms with E-state index < -0.39 is 5.54 Å². The molecule has 2 aromatic rings. The molecule has 5 aliphatic rings. The van der Waals surface area contributed by atoms with Crippen molar-refractivity contribution in [1.29, 1.82) is 0 Å². The maximum absolute atomic E-state index is 13.9. The average molecular weight is 512 g/mol. The van der Waals surface area contributed by atoms with E-state index in [4.69, 9.17) is 4.99 Å². The molecule has 7 heteroatoms. The molecule has 2 amide bonds. The highest BCUT2D eigenvalue weighted by molar-refractivity contribution is 6.15. The minimum absolute atomic E-state index is 0.147. The zero-order valence-corrected chi connectivity index (χ0v) is 22.0. The number of rotatable bonds is 5. The smallest absolute Gasteiger partial charge is 0.256 e. The Balaban J connectivity index is 1.14. The fourth-order valence-electron chi connectivity index (χ4n) is 6.71. The van der Waals surface area contributed by atoms with Crippen LogP contribution in [0, 0.1) is 11.8 Å². The minimum atomic E-state index is -0.645. The summed E-state index contributed by atoms with van der Waals surface area (Å²) in [7, 11) is 0. The summed E-state index contributed by atoms with van der Waals surface area (Å²) in [6, 6.07) is 15.4. The van der Waals surface area contributed by atoms with Gasteiger partial charge in [-0.25, -0.2) is 0 Å². The molecule has 0 aromatic heterocycles. The molecule has 38 heavy (non-hydrogen) atoms. The molecule has 0 unspecified atom stereocenters. The normalized spacial score (nSPS) is 24.6. The Labute approximate surface area is 224 Å². The van der Waals surface area contributed by atoms with Crippen LogP contribution in [0.15, 0.2) is 47.5 Å². The first-order valence-corrected chi connectivity index (χ1v) is 14.4. The number of nitrogens with zero attached hydrogens (tertiary/aromatic N) is 3. The number of piperidine rings is 1. The number of hydrogen-bond donors (Lipinski definition) is 2. The van der Waals surface area contributed by atoms with Crippen molar-refractivity contribution in [3.05, 3.63) is 59.2 Å². The largest absolute Gasteiger partial charge is 0.342 e. The lowest BCUT2D eigenvalue weighted by atomic mass is 9.88. The number of nitrogens with one attached hydrogen (secondary N) is 2. The summed E-state index contributed by atoms with van der Waals surface area (Å²) < 4.78 is 0. The molecule has 2 aromatic carbocycles. The number of likely N-dealkylation sites (tertiary alicyclic amines) is 1. The van der Waals surface area contributed by atoms with Gasteiger partial charge in [-0.3, -0.25) is 19.5 Å². The van der Waals surface area contributed by atoms with Crippen molar-refractivity contribution in [2.45, 2.75) is 50.6 Å². The second-order valence-corrected chi connectivity index (χ2v) is 11.8. The van der Waals surface area contributed by atoms with Crippen LogP contribution in [0.3, 0.4) is 0 Å². The molecule has 1 spiro atoms. The monoisotopic (exact) mass is 511 g/mol. The van der Waals surface area contributed by atoms with E-state index in [2.05, 4.69) is 53.1 Å². The number of amides is 2. The van der Waals surface area contributed by atoms with Gasteiger partial charge in [0.05, 0.1) is 0 Å². The molecule has 1 saturated carbocycles. The van der Waals surface area contributed by atoms with Crippen molar-refractivity contribution in [3.63, 3.8) is 0 Å². The number of aliphatic imine (C=N–C) groups is 1. The summed E-state index contributed by atoms with van der Waals surface area (Å²) in [5.41, 5.74) is 5.61. The predicted molar refractivity (Wildman–Crippen MR) is 148 cm³/mol. The Bertz CT molecular complexity index is 1280. The topological polar surface area (TPSA) is 77.0 Å². The maximum atomic E-state index is 13.9. The van der Waals surface area contributed by atoms with Crippen molar-refractivity contribution < 1.29 is 9.59 Å². The van der Waals surface area contributed by atoms with E-state index in [1.807, 2.05) is 9.80 Å². The Morgan fingerprint density at radius 3 is 2.47 bits per heavy atom. The highest BCUT2D eigenvalue weighted by Gasteiger charge is 2.49. The average Bonchev–Trinajstić information content (AvgIpc) is 3.66. The van der Waals surface area contributed by atoms with Gasteiger partial charge in [-0.15, -0.1) is 0 Å². The number of carbonyl (C=O) groups is 2. The van der Waals surface area contributed by atoms with Crippen molar-refractivity contribution in [3.8, 4) is 11.1 Å². The number of carbonyl (C=O) groups excluding carboxylic acids is 2. The van der Waals surface area contributed by atoms with E-state index in [0.29, 0.717) is 18.4 Å². The second kappa shape index (κ2) is 9.62. The summed E-state index contributed by atoms with van der Waals surface area (Å²) >= 11 is 0. The lowest BCUT2D eigenvalue weighted by Gasteiger charge is -2.31. The fourth-order valence-corrected chi connectivity index (χ4v) is 6.71. The van der Waals surface area contributed by atoms with Crippen LogP contribution in [-0.4, -0.2) is 72.3 Å². The first-order chi connectivity index (χ1) is 18.6. The number of hydrogen-bond acceptors (Lipinski definition) is 5. The van der Waals surface area contributed by atoms with Crippen LogP contribution in [0.1, 0.15) is 48.8 Å². The van der Waals surface area contributed by atoms with Gasteiger partial charge >= 0.3 is 0 Å². The predicted octanol–water partition coefficient (Wildman–Crippen LogP) is 2.97. The van der Waals surface area contributed by atoms with Gasteiger partial charge in [-0.2, -0.15) is 0 Å². The van der Waals surface area contributed by atoms with Crippen LogP contribution in [0.2, 0.25) is 0 Å². The van der Waals surface area contributed by atoms with Gasteiger partial charge in [0.25, 0.3) is 5.91 Å². The Morgan fingerprint density at radius 1 is 0.921 bits per heavy atom. The first-order valence-electron chi connectivity index (χ1n) is 14.4. The first kappa shape index (κ1) is 24.0. The molecule has 1 aliphatic carbocycles. The molecule has 1 atom stereocenters. The summed E-state index contributed by atoms with van der Waals surface area (Å²) in [6.07, 6.45) is 5.58. The van der Waals surface area contributed by atoms with Gasteiger partial charge in [0.1, 0.15) is 11.4 Å². The molecular weight excluding hydrogens is 474 g/mol. The van der Waals surface area contributed by atoms with E-state index in [-0.39, 0.29) is 11.8 Å². The molecule has 0 bridgehead atoms. The summed E-state index contributed by atoms with van der Waals surface area (Å²) in [5.74, 6) is 1.83. The minimum Gasteiger partial charge on any atom is -0.342 e. The zero-order valence-electron chi connectivity index (χ0n) is 22.0. The Hall–Kier alpha value is -3.03. The van der Waals surface area contributed by atoms with E-state index >= 15 is 0 Å². The van der Waals surface area contributed by atoms with Gasteiger partial charge < -0.3 is 15.5 Å². The molecule has 4 heterocycles. The van der Waals surface area contributed by atoms with Crippen LogP contribution in [0.25, 0.3) is 11.1 Å². The maximum Gasteiger partial charge on any atom is 0.256 e. The van der Waals surface area contributed by atoms with E-state index in [0.717, 1.165) is 89.2 Å². The van der Waals surface area contributed by atoms with Crippen LogP contribution in [0.4, 0.5) is 0 Å². The quantitative estimate of drug-likeness (QED) is 0.647. The van der Waals surface area contributed by atoms with E-state index in [1.165, 1.54) is 22.3 Å². The third-order valence-electron chi connectivity index (χ3n) is 9.18. The summed E-state index contributed by atoms with van der Waals surface area (Å²) in [4.78, 5) is 35.7. The lowest BCUT2D eigenvalue weighted by molar-refractivity contribution is -0.132. The van der Waals surface area contributed by atoms with E-state index in [1.54, 1.807) is 0 Å². The zero-order chi connectivity index (χ0) is 25.7. The van der Waals surface area contributed by atoms with Crippen LogP contribution >= 0.6 is 0 Å². The number of amidine groups is 1. The van der Waals surface area contributed by atoms with Gasteiger partial charge in [0.15, 0.2) is 0 Å². The molecule has 0 radical (unpaired) electrons. The molecule has 198 valence electrons. The molecule has 3 fully saturated rings. The summed E-state index contributed by atoms with van der Waals surface area (Å²) in [6.45, 7) is 5.82. The molecule has 2 saturated heterocycles. The Morgan fingerprint density at radius 2 is 1.68 bits per heavy atom. The Kier molecular flexibility index (Phi) is 6.08. The van der Waals surface area contributed by atoms with Crippen LogP contribution in [0.5, 0.6) is 0 Å². The van der Waals surface area contributed by atoms with Crippen molar-refractivity contribution >= 4 is 17.6 Å². The second-order valence-electron chi connectivity index (χ2n) is 11.8. The lowest BCUT2D eigenvalue weighted by Crippen LogP contribution is -2.50. The molecule has 2 N–H and O–H groups in total. The van der Waals surface area contributed by atoms with Crippen LogP contribution < -0.4 is 10.6 Å². The molecule has 7 rings (SSSR count). The third-order valence-corrected chi connectivity index (χ3v) is 9.18. The van der Waals surface area contributed by atoms with E-state index in [9.17, 15) is 9.59 Å². The summed E-state index contributed by atoms with van der Waals surface area (Å²) in [5, 5.41) is 6.84. The van der Waals surface area contributed by atoms with Crippen molar-refractivity contribution in [2.75, 3.05) is 39.3 Å². The molecule has 7 nitrogen and oxygen atoms in total. The highest BCUT2D eigenvalue weighted by atomic mass is 16.2. The van der Waals surface area contributed by atoms with Crippen molar-refractivity contribution in [2.24, 2.45) is 16.8 Å². The molecular formula is C31H37N5O2. The number of fused-ring (bicyclic) bond motifs is 1. The van der Waals surface area contributed by atoms with Crippen molar-refractivity contribution in [1.82, 2.24) is 20.4 Å². The van der Waals surface area contributed by atoms with Crippen LogP contribution in [-0.2, 0) is 22.6 Å². The third kappa shape index (κ3) is 4.35. The van der Waals surface area contributed by atoms with Gasteiger partial charge in [-0.05, 0) is 86.3 Å².